The Balaban J connectivity index is 2.23. The quantitative estimate of drug-likeness (QED) is 0.517. The second-order valence-corrected chi connectivity index (χ2v) is 4.30. The zero-order chi connectivity index (χ0) is 11.2. The smallest absolute Gasteiger partial charge is 0.123 e. The first-order valence-electron chi connectivity index (χ1n) is 5.89. The lowest BCUT2D eigenvalue weighted by atomic mass is 9.91. The fourth-order valence-electron chi connectivity index (χ4n) is 2.13. The highest BCUT2D eigenvalue weighted by Gasteiger charge is 2.10. The molecule has 0 saturated carbocycles. The maximum Gasteiger partial charge on any atom is 0.123 e. The maximum absolute atomic E-state index is 11.0. The molecule has 0 aromatic heterocycles. The van der Waals surface area contributed by atoms with Crippen molar-refractivity contribution in [3.63, 3.8) is 0 Å². The van der Waals surface area contributed by atoms with Crippen LogP contribution in [0.3, 0.4) is 0 Å². The predicted molar refractivity (Wildman–Crippen MR) is 66.1 cm³/mol. The Bertz CT molecular complexity index is 379. The van der Waals surface area contributed by atoms with E-state index in [1.165, 1.54) is 11.1 Å². The van der Waals surface area contributed by atoms with Crippen molar-refractivity contribution in [3.8, 4) is 0 Å². The van der Waals surface area contributed by atoms with Crippen molar-refractivity contribution in [2.24, 2.45) is 5.92 Å². The van der Waals surface area contributed by atoms with Crippen LogP contribution in [0, 0.1) is 12.3 Å². The minimum Gasteiger partial charge on any atom is -0.303 e. The molecule has 0 spiro atoms. The van der Waals surface area contributed by atoms with Crippen LogP contribution in [0.2, 0.25) is 0 Å². The van der Waals surface area contributed by atoms with Crippen molar-refractivity contribution < 1.29 is 4.79 Å². The molecule has 0 amide bonds. The van der Waals surface area contributed by atoms with Gasteiger partial charge in [0.05, 0.1) is 0 Å². The maximum atomic E-state index is 11.0. The normalized spacial score (nSPS) is 23.1. The summed E-state index contributed by atoms with van der Waals surface area (Å²) in [6.45, 7) is 0. The van der Waals surface area contributed by atoms with Gasteiger partial charge in [-0.15, -0.1) is 0 Å². The van der Waals surface area contributed by atoms with Crippen molar-refractivity contribution >= 4 is 6.29 Å². The Kier molecular flexibility index (Phi) is 3.92. The third kappa shape index (κ3) is 2.82. The molecule has 0 bridgehead atoms. The van der Waals surface area contributed by atoms with Gasteiger partial charge in [-0.25, -0.2) is 0 Å². The summed E-state index contributed by atoms with van der Waals surface area (Å²) >= 11 is 0. The average molecular weight is 213 g/mol. The highest BCUT2D eigenvalue weighted by atomic mass is 16.1. The molecular weight excluding hydrogens is 196 g/mol. The molecule has 1 unspecified atom stereocenters. The van der Waals surface area contributed by atoms with Gasteiger partial charge in [0.2, 0.25) is 0 Å². The van der Waals surface area contributed by atoms with Gasteiger partial charge < -0.3 is 4.79 Å². The number of hydrogen-bond donors (Lipinski definition) is 0. The average Bonchev–Trinajstić information content (AvgIpc) is 2.34. The summed E-state index contributed by atoms with van der Waals surface area (Å²) in [5.41, 5.74) is 2.69. The third-order valence-corrected chi connectivity index (χ3v) is 3.07. The van der Waals surface area contributed by atoms with Crippen molar-refractivity contribution in [1.29, 1.82) is 0 Å². The molecule has 83 valence electrons. The monoisotopic (exact) mass is 213 g/mol. The zero-order valence-corrected chi connectivity index (χ0v) is 9.43. The summed E-state index contributed by atoms with van der Waals surface area (Å²) in [6, 6.07) is 8.44. The van der Waals surface area contributed by atoms with Crippen LogP contribution in [0.4, 0.5) is 0 Å². The van der Waals surface area contributed by atoms with E-state index in [1.54, 1.807) is 0 Å². The lowest BCUT2D eigenvalue weighted by Crippen LogP contribution is -2.08. The van der Waals surface area contributed by atoms with Crippen molar-refractivity contribution in [1.82, 2.24) is 0 Å². The van der Waals surface area contributed by atoms with Gasteiger partial charge in [-0.1, -0.05) is 36.4 Å². The summed E-state index contributed by atoms with van der Waals surface area (Å²) in [5.74, 6) is 0.135. The largest absolute Gasteiger partial charge is 0.303 e. The SMILES string of the molecule is O=CC1C/C=C\C[CH]Cc2ccccc2C1. The Morgan fingerprint density at radius 1 is 1.12 bits per heavy atom. The molecule has 1 nitrogen and oxygen atoms in total. The number of hydrogen-bond acceptors (Lipinski definition) is 1. The summed E-state index contributed by atoms with van der Waals surface area (Å²) in [5, 5.41) is 0. The van der Waals surface area contributed by atoms with E-state index in [-0.39, 0.29) is 5.92 Å². The summed E-state index contributed by atoms with van der Waals surface area (Å²) in [6.07, 6.45) is 11.4. The van der Waals surface area contributed by atoms with E-state index in [4.69, 9.17) is 0 Å². The van der Waals surface area contributed by atoms with Crippen molar-refractivity contribution in [2.75, 3.05) is 0 Å². The molecule has 1 radical (unpaired) electrons. The van der Waals surface area contributed by atoms with E-state index >= 15 is 0 Å². The van der Waals surface area contributed by atoms with E-state index in [2.05, 4.69) is 42.8 Å². The number of rotatable bonds is 1. The third-order valence-electron chi connectivity index (χ3n) is 3.07. The van der Waals surface area contributed by atoms with Gasteiger partial charge in [0.1, 0.15) is 6.29 Å². The number of carbonyl (C=O) groups is 1. The molecule has 1 atom stereocenters. The molecule has 0 fully saturated rings. The van der Waals surface area contributed by atoms with Crippen LogP contribution in [0.25, 0.3) is 0 Å². The number of fused-ring (bicyclic) bond motifs is 1. The number of allylic oxidation sites excluding steroid dienone is 2. The number of benzene rings is 1. The molecule has 1 aliphatic carbocycles. The predicted octanol–water partition coefficient (Wildman–Crippen LogP) is 3.14. The van der Waals surface area contributed by atoms with Crippen molar-refractivity contribution in [2.45, 2.75) is 25.7 Å². The van der Waals surface area contributed by atoms with Gasteiger partial charge in [0, 0.05) is 5.92 Å². The van der Waals surface area contributed by atoms with Gasteiger partial charge in [-0.05, 0) is 43.2 Å². The lowest BCUT2D eigenvalue weighted by Gasteiger charge is -2.13. The van der Waals surface area contributed by atoms with Crippen LogP contribution in [0.1, 0.15) is 24.0 Å². The van der Waals surface area contributed by atoms with Crippen LogP contribution < -0.4 is 0 Å². The van der Waals surface area contributed by atoms with Gasteiger partial charge in [-0.2, -0.15) is 0 Å². The molecular formula is C15H17O. The molecule has 1 aliphatic rings. The molecule has 0 heterocycles. The molecule has 1 aromatic rings. The van der Waals surface area contributed by atoms with E-state index in [1.807, 2.05) is 0 Å². The highest BCUT2D eigenvalue weighted by Crippen LogP contribution is 2.19. The minimum atomic E-state index is 0.135. The molecule has 1 heteroatoms. The second-order valence-electron chi connectivity index (χ2n) is 4.30. The van der Waals surface area contributed by atoms with Gasteiger partial charge >= 0.3 is 0 Å². The molecule has 0 aliphatic heterocycles. The van der Waals surface area contributed by atoms with E-state index in [9.17, 15) is 4.79 Å². The standard InChI is InChI=1S/C15H17O/c16-12-13-7-3-1-2-4-8-14-9-5-6-10-15(14)11-13/h1,3-6,9-10,12-13H,2,7-8,11H2/b3-1-. The van der Waals surface area contributed by atoms with Crippen LogP contribution >= 0.6 is 0 Å². The van der Waals surface area contributed by atoms with Crippen LogP contribution in [0.15, 0.2) is 36.4 Å². The fraction of sp³-hybridized carbons (Fsp3) is 0.333. The topological polar surface area (TPSA) is 17.1 Å². The Morgan fingerprint density at radius 3 is 2.75 bits per heavy atom. The van der Waals surface area contributed by atoms with Gasteiger partial charge in [-0.3, -0.25) is 0 Å². The number of carbonyl (C=O) groups excluding carboxylic acids is 1. The zero-order valence-electron chi connectivity index (χ0n) is 9.43. The number of aldehydes is 1. The summed E-state index contributed by atoms with van der Waals surface area (Å²) in [4.78, 5) is 11.0. The molecule has 2 rings (SSSR count). The highest BCUT2D eigenvalue weighted by molar-refractivity contribution is 5.55. The Hall–Kier alpha value is -1.37. The van der Waals surface area contributed by atoms with E-state index < -0.39 is 0 Å². The Labute approximate surface area is 97.2 Å². The fourth-order valence-corrected chi connectivity index (χ4v) is 2.13. The van der Waals surface area contributed by atoms with Crippen molar-refractivity contribution in [3.05, 3.63) is 54.0 Å². The first kappa shape index (κ1) is 11.1. The first-order chi connectivity index (χ1) is 7.90. The summed E-state index contributed by atoms with van der Waals surface area (Å²) < 4.78 is 0. The molecule has 0 saturated heterocycles. The second kappa shape index (κ2) is 5.64. The molecule has 0 N–H and O–H groups in total. The van der Waals surface area contributed by atoms with E-state index in [0.29, 0.717) is 0 Å². The van der Waals surface area contributed by atoms with Gasteiger partial charge in [0.15, 0.2) is 0 Å². The van der Waals surface area contributed by atoms with Crippen LogP contribution in [-0.2, 0) is 17.6 Å². The molecule has 16 heavy (non-hydrogen) atoms. The summed E-state index contributed by atoms with van der Waals surface area (Å²) in [7, 11) is 0. The minimum absolute atomic E-state index is 0.135. The van der Waals surface area contributed by atoms with Crippen LogP contribution in [-0.4, -0.2) is 6.29 Å². The van der Waals surface area contributed by atoms with Crippen LogP contribution in [0.5, 0.6) is 0 Å². The first-order valence-corrected chi connectivity index (χ1v) is 5.89. The van der Waals surface area contributed by atoms with E-state index in [0.717, 1.165) is 32.0 Å². The lowest BCUT2D eigenvalue weighted by molar-refractivity contribution is -0.111. The Morgan fingerprint density at radius 2 is 1.94 bits per heavy atom. The van der Waals surface area contributed by atoms with Gasteiger partial charge in [0.25, 0.3) is 0 Å². The molecule has 1 aromatic carbocycles.